The zero-order valence-corrected chi connectivity index (χ0v) is 13.8. The predicted octanol–water partition coefficient (Wildman–Crippen LogP) is 2.30. The van der Waals surface area contributed by atoms with E-state index < -0.39 is 5.54 Å². The van der Waals surface area contributed by atoms with Gasteiger partial charge in [-0.1, -0.05) is 43.5 Å². The minimum atomic E-state index is -0.631. The van der Waals surface area contributed by atoms with Gasteiger partial charge in [0.25, 0.3) is 0 Å². The summed E-state index contributed by atoms with van der Waals surface area (Å²) in [7, 11) is 0. The molecule has 0 atom stereocenters. The van der Waals surface area contributed by atoms with Gasteiger partial charge in [0, 0.05) is 10.6 Å². The lowest BCUT2D eigenvalue weighted by atomic mass is 9.94. The van der Waals surface area contributed by atoms with Crippen LogP contribution < -0.4 is 5.32 Å². The lowest BCUT2D eigenvalue weighted by Gasteiger charge is -2.26. The van der Waals surface area contributed by atoms with Gasteiger partial charge < -0.3 is 5.32 Å². The number of hydrogen-bond donors (Lipinski definition) is 1. The molecule has 0 aliphatic carbocycles. The summed E-state index contributed by atoms with van der Waals surface area (Å²) in [5, 5.41) is 15.5. The molecule has 0 aliphatic heterocycles. The molecule has 0 saturated heterocycles. The van der Waals surface area contributed by atoms with Gasteiger partial charge in [-0.05, 0) is 30.2 Å². The lowest BCUT2D eigenvalue weighted by Crippen LogP contribution is -2.47. The van der Waals surface area contributed by atoms with E-state index in [9.17, 15) is 4.79 Å². The molecule has 0 radical (unpaired) electrons. The highest BCUT2D eigenvalue weighted by atomic mass is 35.5. The average Bonchev–Trinajstić information content (AvgIpc) is 3.01. The molecule has 0 unspecified atom stereocenters. The van der Waals surface area contributed by atoms with Crippen LogP contribution in [0.5, 0.6) is 0 Å². The first-order chi connectivity index (χ1) is 11.0. The summed E-state index contributed by atoms with van der Waals surface area (Å²) in [6.07, 6.45) is 6.85. The maximum absolute atomic E-state index is 12.1. The number of aromatic nitrogens is 4. The van der Waals surface area contributed by atoms with Crippen molar-refractivity contribution in [2.45, 2.75) is 38.8 Å². The van der Waals surface area contributed by atoms with Crippen molar-refractivity contribution >= 4 is 17.5 Å². The van der Waals surface area contributed by atoms with E-state index in [2.05, 4.69) is 26.6 Å². The normalized spacial score (nSPS) is 11.0. The van der Waals surface area contributed by atoms with Crippen LogP contribution in [0.2, 0.25) is 5.02 Å². The third kappa shape index (κ3) is 4.08. The Labute approximate surface area is 140 Å². The summed E-state index contributed by atoms with van der Waals surface area (Å²) in [6.45, 7) is 3.83. The fourth-order valence-electron chi connectivity index (χ4n) is 2.16. The molecule has 1 heterocycles. The zero-order valence-electron chi connectivity index (χ0n) is 13.1. The number of tetrazole rings is 1. The van der Waals surface area contributed by atoms with E-state index in [0.29, 0.717) is 23.7 Å². The molecule has 23 heavy (non-hydrogen) atoms. The second-order valence-corrected chi connectivity index (χ2v) is 5.57. The molecule has 1 aromatic carbocycles. The minimum absolute atomic E-state index is 0.0446. The van der Waals surface area contributed by atoms with E-state index in [1.165, 1.54) is 4.80 Å². The lowest BCUT2D eigenvalue weighted by molar-refractivity contribution is -0.123. The van der Waals surface area contributed by atoms with Gasteiger partial charge in [0.2, 0.25) is 11.7 Å². The van der Waals surface area contributed by atoms with Gasteiger partial charge in [-0.25, -0.2) is 0 Å². The molecule has 0 saturated carbocycles. The molecule has 2 aromatic rings. The number of nitrogens with zero attached hydrogens (tertiary/aromatic N) is 4. The van der Waals surface area contributed by atoms with Crippen molar-refractivity contribution in [2.75, 3.05) is 0 Å². The molecular formula is C16H18ClN5O. The summed E-state index contributed by atoms with van der Waals surface area (Å²) in [5.74, 6) is 2.82. The molecule has 0 fully saturated rings. The van der Waals surface area contributed by atoms with Crippen molar-refractivity contribution in [2.24, 2.45) is 0 Å². The summed E-state index contributed by atoms with van der Waals surface area (Å²) >= 11 is 5.94. The Morgan fingerprint density at radius 1 is 1.43 bits per heavy atom. The van der Waals surface area contributed by atoms with Crippen LogP contribution in [0, 0.1) is 12.3 Å². The Balaban J connectivity index is 2.07. The fourth-order valence-corrected chi connectivity index (χ4v) is 2.35. The van der Waals surface area contributed by atoms with E-state index in [1.54, 1.807) is 18.2 Å². The van der Waals surface area contributed by atoms with Gasteiger partial charge in [-0.15, -0.1) is 16.6 Å². The highest BCUT2D eigenvalue weighted by Gasteiger charge is 2.25. The smallest absolute Gasteiger partial charge is 0.244 e. The molecule has 6 nitrogen and oxygen atoms in total. The van der Waals surface area contributed by atoms with Gasteiger partial charge in [0.15, 0.2) is 0 Å². The number of nitrogens with one attached hydrogen (secondary N) is 1. The molecule has 1 aromatic heterocycles. The number of carbonyl (C=O) groups is 1. The predicted molar refractivity (Wildman–Crippen MR) is 88.6 cm³/mol. The van der Waals surface area contributed by atoms with Gasteiger partial charge >= 0.3 is 0 Å². The summed E-state index contributed by atoms with van der Waals surface area (Å²) in [4.78, 5) is 13.4. The number of terminal acetylenes is 1. The third-order valence-corrected chi connectivity index (χ3v) is 3.92. The second-order valence-electron chi connectivity index (χ2n) is 5.14. The summed E-state index contributed by atoms with van der Waals surface area (Å²) < 4.78 is 0. The maximum atomic E-state index is 12.1. The van der Waals surface area contributed by atoms with Crippen LogP contribution in [0.25, 0.3) is 11.4 Å². The van der Waals surface area contributed by atoms with E-state index in [0.717, 1.165) is 5.56 Å². The summed E-state index contributed by atoms with van der Waals surface area (Å²) in [5.41, 5.74) is 0.109. The zero-order chi connectivity index (χ0) is 16.9. The average molecular weight is 332 g/mol. The minimum Gasteiger partial charge on any atom is -0.338 e. The van der Waals surface area contributed by atoms with E-state index in [-0.39, 0.29) is 12.5 Å². The van der Waals surface area contributed by atoms with E-state index in [4.69, 9.17) is 18.0 Å². The first-order valence-corrected chi connectivity index (χ1v) is 7.72. The molecule has 0 aliphatic rings. The van der Waals surface area contributed by atoms with Crippen LogP contribution >= 0.6 is 11.6 Å². The molecule has 0 bridgehead atoms. The molecule has 7 heteroatoms. The molecule has 120 valence electrons. The molecular weight excluding hydrogens is 314 g/mol. The van der Waals surface area contributed by atoms with Crippen molar-refractivity contribution in [1.29, 1.82) is 0 Å². The maximum Gasteiger partial charge on any atom is 0.244 e. The van der Waals surface area contributed by atoms with Crippen LogP contribution in [0.3, 0.4) is 0 Å². The van der Waals surface area contributed by atoms with Crippen molar-refractivity contribution in [3.05, 3.63) is 29.3 Å². The Morgan fingerprint density at radius 3 is 2.78 bits per heavy atom. The van der Waals surface area contributed by atoms with Gasteiger partial charge in [0.05, 0.1) is 0 Å². The molecule has 0 spiro atoms. The Morgan fingerprint density at radius 2 is 2.17 bits per heavy atom. The van der Waals surface area contributed by atoms with Gasteiger partial charge in [-0.2, -0.15) is 4.80 Å². The van der Waals surface area contributed by atoms with Crippen molar-refractivity contribution < 1.29 is 4.79 Å². The van der Waals surface area contributed by atoms with Crippen LogP contribution in [0.1, 0.15) is 26.7 Å². The number of amides is 1. The standard InChI is InChI=1S/C16H18ClN5O/c1-4-16(5-2,6-3)18-14(23)11-22-20-15(19-21-22)12-8-7-9-13(17)10-12/h1,7-10H,5-6,11H2,2-3H3,(H,18,23). The largest absolute Gasteiger partial charge is 0.338 e. The quantitative estimate of drug-likeness (QED) is 0.824. The Bertz CT molecular complexity index is 730. The van der Waals surface area contributed by atoms with Crippen LogP contribution in [0.15, 0.2) is 24.3 Å². The van der Waals surface area contributed by atoms with Crippen LogP contribution in [-0.2, 0) is 11.3 Å². The van der Waals surface area contributed by atoms with Crippen molar-refractivity contribution in [3.63, 3.8) is 0 Å². The number of halogens is 1. The third-order valence-electron chi connectivity index (χ3n) is 3.68. The topological polar surface area (TPSA) is 72.7 Å². The highest BCUT2D eigenvalue weighted by molar-refractivity contribution is 6.30. The molecule has 1 amide bonds. The van der Waals surface area contributed by atoms with E-state index >= 15 is 0 Å². The number of carbonyl (C=O) groups excluding carboxylic acids is 1. The number of rotatable bonds is 6. The number of benzene rings is 1. The van der Waals surface area contributed by atoms with Gasteiger partial charge in [-0.3, -0.25) is 4.79 Å². The van der Waals surface area contributed by atoms with E-state index in [1.807, 2.05) is 19.9 Å². The summed E-state index contributed by atoms with van der Waals surface area (Å²) in [6, 6.07) is 7.12. The molecule has 1 N–H and O–H groups in total. The first-order valence-electron chi connectivity index (χ1n) is 7.34. The fraction of sp³-hybridized carbons (Fsp3) is 0.375. The van der Waals surface area contributed by atoms with Crippen molar-refractivity contribution in [1.82, 2.24) is 25.5 Å². The number of hydrogen-bond acceptors (Lipinski definition) is 4. The van der Waals surface area contributed by atoms with Crippen LogP contribution in [-0.4, -0.2) is 31.7 Å². The molecule has 2 rings (SSSR count). The van der Waals surface area contributed by atoms with Gasteiger partial charge in [0.1, 0.15) is 12.1 Å². The monoisotopic (exact) mass is 331 g/mol. The Kier molecular flexibility index (Phi) is 5.35. The Hall–Kier alpha value is -2.39. The second kappa shape index (κ2) is 7.25. The highest BCUT2D eigenvalue weighted by Crippen LogP contribution is 2.18. The first kappa shape index (κ1) is 17.0. The van der Waals surface area contributed by atoms with Crippen molar-refractivity contribution in [3.8, 4) is 23.7 Å². The SMILES string of the molecule is C#CC(CC)(CC)NC(=O)Cn1nnc(-c2cccc(Cl)c2)n1. The van der Waals surface area contributed by atoms with Crippen LogP contribution in [0.4, 0.5) is 0 Å².